The van der Waals surface area contributed by atoms with Gasteiger partial charge in [0.25, 0.3) is 0 Å². The molecule has 0 aromatic carbocycles. The highest BCUT2D eigenvalue weighted by molar-refractivity contribution is 5.32. The maximum absolute atomic E-state index is 12.7. The first-order valence-electron chi connectivity index (χ1n) is 27.6. The van der Waals surface area contributed by atoms with Crippen molar-refractivity contribution in [2.75, 3.05) is 19.8 Å². The molecule has 3 saturated carbocycles. The van der Waals surface area contributed by atoms with Crippen LogP contribution < -0.4 is 0 Å². The lowest BCUT2D eigenvalue weighted by molar-refractivity contribution is -0.390. The zero-order valence-corrected chi connectivity index (χ0v) is 45.4. The highest BCUT2D eigenvalue weighted by atomic mass is 16.8. The predicted octanol–water partition coefficient (Wildman–Crippen LogP) is -3.27. The van der Waals surface area contributed by atoms with Crippen LogP contribution >= 0.6 is 0 Å². The minimum Gasteiger partial charge on any atom is -0.394 e. The molecule has 8 rings (SSSR count). The van der Waals surface area contributed by atoms with Gasteiger partial charge < -0.3 is 120 Å². The lowest BCUT2D eigenvalue weighted by atomic mass is 9.38. The highest BCUT2D eigenvalue weighted by Gasteiger charge is 2.70. The second-order valence-corrected chi connectivity index (χ2v) is 25.5. The van der Waals surface area contributed by atoms with Crippen molar-refractivity contribution in [2.24, 2.45) is 45.3 Å². The fourth-order valence-corrected chi connectivity index (χ4v) is 15.4. The molecule has 0 amide bonds. The monoisotopic (exact) mass is 1110 g/mol. The predicted molar refractivity (Wildman–Crippen MR) is 263 cm³/mol. The number of aliphatic hydroxyl groups is 16. The summed E-state index contributed by atoms with van der Waals surface area (Å²) in [6, 6.07) is 0. The quantitative estimate of drug-likeness (QED) is 0.0674. The minimum absolute atomic E-state index is 0.0347. The van der Waals surface area contributed by atoms with E-state index >= 15 is 0 Å². The average Bonchev–Trinajstić information content (AvgIpc) is 3.91. The van der Waals surface area contributed by atoms with E-state index in [9.17, 15) is 81.7 Å². The number of ether oxygens (including phenoxy) is 8. The summed E-state index contributed by atoms with van der Waals surface area (Å²) in [5, 5.41) is 171. The summed E-state index contributed by atoms with van der Waals surface area (Å²) in [6.07, 6.45) is -28.1. The summed E-state index contributed by atoms with van der Waals surface area (Å²) in [6.45, 7) is 14.3. The number of rotatable bonds is 16. The Morgan fingerprint density at radius 2 is 1.16 bits per heavy atom. The van der Waals surface area contributed by atoms with Crippen LogP contribution in [0.25, 0.3) is 0 Å². The summed E-state index contributed by atoms with van der Waals surface area (Å²) >= 11 is 0. The Bertz CT molecular complexity index is 2010. The van der Waals surface area contributed by atoms with Gasteiger partial charge in [-0.05, 0) is 99.7 Å². The Morgan fingerprint density at radius 3 is 1.77 bits per heavy atom. The molecule has 4 saturated heterocycles. The molecule has 0 bridgehead atoms. The van der Waals surface area contributed by atoms with Gasteiger partial charge in [-0.25, -0.2) is 0 Å². The Hall–Kier alpha value is -1.22. The molecular formula is C53H90O24. The van der Waals surface area contributed by atoms with Crippen LogP contribution in [0.4, 0.5) is 0 Å². The van der Waals surface area contributed by atoms with Gasteiger partial charge in [0.05, 0.1) is 43.7 Å². The van der Waals surface area contributed by atoms with Crippen molar-refractivity contribution < 1.29 is 120 Å². The third-order valence-electron chi connectivity index (χ3n) is 20.5. The Kier molecular flexibility index (Phi) is 18.5. The van der Waals surface area contributed by atoms with E-state index in [1.54, 1.807) is 13.8 Å². The smallest absolute Gasteiger partial charge is 0.189 e. The molecule has 446 valence electrons. The van der Waals surface area contributed by atoms with Crippen LogP contribution in [-0.2, 0) is 37.9 Å². The van der Waals surface area contributed by atoms with E-state index in [1.165, 1.54) is 0 Å². The highest BCUT2D eigenvalue weighted by Crippen LogP contribution is 2.75. The summed E-state index contributed by atoms with van der Waals surface area (Å²) in [4.78, 5) is 0. The third kappa shape index (κ3) is 10.9. The number of aliphatic hydroxyl groups excluding tert-OH is 15. The number of hydrogen-bond acceptors (Lipinski definition) is 24. The molecular weight excluding hydrogens is 1020 g/mol. The van der Waals surface area contributed by atoms with Crippen LogP contribution in [0.1, 0.15) is 107 Å². The van der Waals surface area contributed by atoms with Gasteiger partial charge in [-0.2, -0.15) is 0 Å². The van der Waals surface area contributed by atoms with Crippen molar-refractivity contribution in [3.05, 3.63) is 11.6 Å². The zero-order valence-electron chi connectivity index (χ0n) is 45.4. The average molecular weight is 1110 g/mol. The molecule has 8 aliphatic rings. The Balaban J connectivity index is 0.939. The maximum Gasteiger partial charge on any atom is 0.189 e. The van der Waals surface area contributed by atoms with Crippen molar-refractivity contribution in [3.8, 4) is 0 Å². The van der Waals surface area contributed by atoms with Crippen LogP contribution in [0.2, 0.25) is 0 Å². The van der Waals surface area contributed by atoms with Gasteiger partial charge in [0, 0.05) is 10.8 Å². The van der Waals surface area contributed by atoms with Gasteiger partial charge >= 0.3 is 0 Å². The third-order valence-corrected chi connectivity index (χ3v) is 20.5. The molecule has 0 unspecified atom stereocenters. The van der Waals surface area contributed by atoms with Crippen molar-refractivity contribution in [2.45, 2.75) is 254 Å². The van der Waals surface area contributed by atoms with Gasteiger partial charge in [0.2, 0.25) is 0 Å². The van der Waals surface area contributed by atoms with Gasteiger partial charge in [-0.3, -0.25) is 0 Å². The first kappa shape index (κ1) is 61.8. The van der Waals surface area contributed by atoms with Crippen molar-refractivity contribution in [3.63, 3.8) is 0 Å². The van der Waals surface area contributed by atoms with E-state index in [4.69, 9.17) is 37.9 Å². The largest absolute Gasteiger partial charge is 0.394 e. The second-order valence-electron chi connectivity index (χ2n) is 25.5. The molecule has 24 nitrogen and oxygen atoms in total. The molecule has 4 aliphatic carbocycles. The molecule has 7 fully saturated rings. The maximum atomic E-state index is 12.7. The van der Waals surface area contributed by atoms with Crippen LogP contribution in [-0.4, -0.2) is 248 Å². The summed E-state index contributed by atoms with van der Waals surface area (Å²) < 4.78 is 46.9. The van der Waals surface area contributed by atoms with E-state index in [0.29, 0.717) is 32.1 Å². The molecule has 30 atom stereocenters. The van der Waals surface area contributed by atoms with E-state index in [-0.39, 0.29) is 40.9 Å². The zero-order chi connectivity index (χ0) is 56.8. The molecule has 0 aromatic rings. The second kappa shape index (κ2) is 23.1. The molecule has 77 heavy (non-hydrogen) atoms. The fraction of sp³-hybridized carbons (Fsp3) is 0.962. The van der Waals surface area contributed by atoms with E-state index in [1.807, 2.05) is 0 Å². The van der Waals surface area contributed by atoms with Crippen molar-refractivity contribution >= 4 is 0 Å². The van der Waals surface area contributed by atoms with E-state index < -0.39 is 178 Å². The summed E-state index contributed by atoms with van der Waals surface area (Å²) in [5.74, 6) is 0.227. The lowest BCUT2D eigenvalue weighted by Crippen LogP contribution is -2.65. The Morgan fingerprint density at radius 1 is 0.610 bits per heavy atom. The lowest BCUT2D eigenvalue weighted by Gasteiger charge is -2.67. The van der Waals surface area contributed by atoms with E-state index in [0.717, 1.165) is 18.4 Å². The molecule has 24 heteroatoms. The van der Waals surface area contributed by atoms with E-state index in [2.05, 4.69) is 47.6 Å². The van der Waals surface area contributed by atoms with Gasteiger partial charge in [0.1, 0.15) is 91.6 Å². The summed E-state index contributed by atoms with van der Waals surface area (Å²) in [5.41, 5.74) is -2.13. The minimum atomic E-state index is -1.97. The topological polar surface area (TPSA) is 398 Å². The normalized spacial score (nSPS) is 51.9. The van der Waals surface area contributed by atoms with Gasteiger partial charge in [-0.1, -0.05) is 53.2 Å². The molecule has 4 heterocycles. The molecule has 0 radical (unpaired) electrons. The molecule has 0 spiro atoms. The number of fused-ring (bicyclic) bond motifs is 5. The van der Waals surface area contributed by atoms with Crippen molar-refractivity contribution in [1.29, 1.82) is 0 Å². The number of hydrogen-bond donors (Lipinski definition) is 16. The van der Waals surface area contributed by atoms with Crippen LogP contribution in [0.5, 0.6) is 0 Å². The SMILES string of the molecule is C[C@H](CC[C@@H](O[C@@H]1O[C@H](CO)[C@@H](O)[C@H](O)[C@H]1O[C@H]1O[C@@H](O)[C@H](O)[C@@H](O)[C@@H]1O)C(C)(C)O)[C@H]1CC[C@@]2(C)[C@@H]3CC=C4[C@@H](CC[C@H](O[C@@H]5O[C@H](CO[C@@H]6O[C@H](CO)[C@@H](O)[C@H](O)[C@H]6O)[C@@H](O)[C@H](O)[C@H]5O)C4(C)C)[C@]3(C)[C@H](O)C[C@]12C. The first-order chi connectivity index (χ1) is 35.9. The van der Waals surface area contributed by atoms with Gasteiger partial charge in [-0.15, -0.1) is 0 Å². The molecule has 4 aliphatic heterocycles. The Labute approximate surface area is 449 Å². The first-order valence-corrected chi connectivity index (χ1v) is 27.6. The van der Waals surface area contributed by atoms with Crippen LogP contribution in [0.3, 0.4) is 0 Å². The standard InChI is InChI=1S/C53H90O24/c1-21(9-13-31(50(4,5)69)75-48-43(38(63)33(58)26(19-55)72-48)76-47-42(67)37(62)39(64)44(68)77-47)22-15-16-51(6)28-12-10-23-24(53(28,8)29(56)17-52(22,51)7)11-14-30(49(23,2)3)74-46-41(66)36(61)34(59)27(73-46)20-70-45-40(65)35(60)32(57)25(18-54)71-45/h10,21-22,24-48,54-69H,9,11-20H2,1-8H3/t21-,22-,24-,25-,26-,27-,28+,29-,30+,31-,32-,33-,34-,35+,36+,37-,38+,39-,40-,41-,42+,43-,44-,45-,46+,47+,48+,51+,52-,53+/m1/s1. The summed E-state index contributed by atoms with van der Waals surface area (Å²) in [7, 11) is 0. The van der Waals surface area contributed by atoms with Crippen LogP contribution in [0.15, 0.2) is 11.6 Å². The van der Waals surface area contributed by atoms with Gasteiger partial charge in [0.15, 0.2) is 31.5 Å². The molecule has 0 aromatic heterocycles. The molecule has 16 N–H and O–H groups in total. The van der Waals surface area contributed by atoms with Crippen molar-refractivity contribution in [1.82, 2.24) is 0 Å². The fourth-order valence-electron chi connectivity index (χ4n) is 15.4. The van der Waals surface area contributed by atoms with Crippen LogP contribution in [0, 0.1) is 45.3 Å². The number of allylic oxidation sites excluding steroid dienone is 1.